The van der Waals surface area contributed by atoms with Crippen LogP contribution < -0.4 is 0 Å². The molecule has 0 unspecified atom stereocenters. The average molecular weight is 298 g/mol. The Hall–Kier alpha value is -1.06. The van der Waals surface area contributed by atoms with Crippen molar-refractivity contribution < 1.29 is 9.53 Å². The second-order valence-corrected chi connectivity index (χ2v) is 5.51. The van der Waals surface area contributed by atoms with Crippen molar-refractivity contribution in [3.63, 3.8) is 0 Å². The lowest BCUT2D eigenvalue weighted by Gasteiger charge is -2.16. The number of likely N-dealkylation sites (N-methyl/N-ethyl adjacent to an activating group) is 1. The lowest BCUT2D eigenvalue weighted by Crippen LogP contribution is -2.20. The van der Waals surface area contributed by atoms with Gasteiger partial charge in [0.2, 0.25) is 0 Å². The maximum Gasteiger partial charge on any atom is 0.310 e. The van der Waals surface area contributed by atoms with E-state index >= 15 is 0 Å². The molecule has 0 fully saturated rings. The number of carbonyl (C=O) groups excluding carboxylic acids is 1. The second-order valence-electron chi connectivity index (χ2n) is 5.51. The molecule has 0 radical (unpaired) electrons. The molecule has 1 aliphatic carbocycles. The third-order valence-corrected chi connectivity index (χ3v) is 3.56. The van der Waals surface area contributed by atoms with Crippen molar-refractivity contribution >= 4 is 18.4 Å². The Kier molecular flexibility index (Phi) is 7.03. The van der Waals surface area contributed by atoms with E-state index in [1.54, 1.807) is 0 Å². The quantitative estimate of drug-likeness (QED) is 0.783. The van der Waals surface area contributed by atoms with E-state index in [2.05, 4.69) is 18.2 Å². The van der Waals surface area contributed by atoms with Gasteiger partial charge in [-0.3, -0.25) is 4.79 Å². The molecule has 112 valence electrons. The summed E-state index contributed by atoms with van der Waals surface area (Å²) in [5, 5.41) is 0. The van der Waals surface area contributed by atoms with E-state index in [1.165, 1.54) is 30.4 Å². The van der Waals surface area contributed by atoms with Crippen LogP contribution in [0.3, 0.4) is 0 Å². The van der Waals surface area contributed by atoms with Crippen molar-refractivity contribution in [3.8, 4) is 0 Å². The zero-order chi connectivity index (χ0) is 13.7. The van der Waals surface area contributed by atoms with Gasteiger partial charge >= 0.3 is 5.97 Å². The van der Waals surface area contributed by atoms with Crippen LogP contribution in [0.2, 0.25) is 0 Å². The average Bonchev–Trinajstić information content (AvgIpc) is 2.38. The summed E-state index contributed by atoms with van der Waals surface area (Å²) in [5.74, 6) is -0.127. The first kappa shape index (κ1) is 17.0. The number of hydrogen-bond acceptors (Lipinski definition) is 3. The van der Waals surface area contributed by atoms with Crippen molar-refractivity contribution in [1.29, 1.82) is 0 Å². The first-order chi connectivity index (χ1) is 9.15. The molecular weight excluding hydrogens is 274 g/mol. The summed E-state index contributed by atoms with van der Waals surface area (Å²) in [6, 6.07) is 6.43. The SMILES string of the molecule is CN(C)CCOC(=O)Cc1ccc2c(c1)CCCC2.Cl. The topological polar surface area (TPSA) is 29.5 Å². The summed E-state index contributed by atoms with van der Waals surface area (Å²) in [6.45, 7) is 1.24. The van der Waals surface area contributed by atoms with Crippen LogP contribution in [-0.4, -0.2) is 38.1 Å². The van der Waals surface area contributed by atoms with Gasteiger partial charge in [0.15, 0.2) is 0 Å². The van der Waals surface area contributed by atoms with Crippen LogP contribution in [0.1, 0.15) is 29.5 Å². The van der Waals surface area contributed by atoms with Gasteiger partial charge < -0.3 is 9.64 Å². The summed E-state index contributed by atoms with van der Waals surface area (Å²) < 4.78 is 5.22. The van der Waals surface area contributed by atoms with Gasteiger partial charge in [-0.25, -0.2) is 0 Å². The number of benzene rings is 1. The predicted molar refractivity (Wildman–Crippen MR) is 83.5 cm³/mol. The minimum atomic E-state index is -0.127. The molecule has 3 nitrogen and oxygen atoms in total. The van der Waals surface area contributed by atoms with E-state index in [1.807, 2.05) is 19.0 Å². The van der Waals surface area contributed by atoms with E-state index < -0.39 is 0 Å². The van der Waals surface area contributed by atoms with Crippen LogP contribution in [0.4, 0.5) is 0 Å². The summed E-state index contributed by atoms with van der Waals surface area (Å²) in [5.41, 5.74) is 3.95. The van der Waals surface area contributed by atoms with Crippen molar-refractivity contribution in [3.05, 3.63) is 34.9 Å². The van der Waals surface area contributed by atoms with Gasteiger partial charge in [-0.15, -0.1) is 12.4 Å². The van der Waals surface area contributed by atoms with Gasteiger partial charge in [0.05, 0.1) is 6.42 Å². The Morgan fingerprint density at radius 1 is 1.20 bits per heavy atom. The predicted octanol–water partition coefficient (Wildman–Crippen LogP) is 2.63. The summed E-state index contributed by atoms with van der Waals surface area (Å²) in [4.78, 5) is 13.7. The standard InChI is InChI=1S/C16H23NO2.ClH/c1-17(2)9-10-19-16(18)12-13-7-8-14-5-3-4-6-15(14)11-13;/h7-8,11H,3-6,9-10,12H2,1-2H3;1H. The highest BCUT2D eigenvalue weighted by Gasteiger charge is 2.11. The molecule has 1 aromatic carbocycles. The smallest absolute Gasteiger partial charge is 0.310 e. The molecule has 0 aromatic heterocycles. The van der Waals surface area contributed by atoms with Crippen molar-refractivity contribution in [1.82, 2.24) is 4.90 Å². The minimum Gasteiger partial charge on any atom is -0.464 e. The Morgan fingerprint density at radius 3 is 2.60 bits per heavy atom. The zero-order valence-corrected chi connectivity index (χ0v) is 13.2. The van der Waals surface area contributed by atoms with E-state index in [9.17, 15) is 4.79 Å². The maximum atomic E-state index is 11.7. The molecule has 1 aromatic rings. The number of carbonyl (C=O) groups is 1. The molecule has 0 saturated carbocycles. The Balaban J connectivity index is 0.00000200. The number of nitrogens with zero attached hydrogens (tertiary/aromatic N) is 1. The fourth-order valence-corrected chi connectivity index (χ4v) is 2.46. The Labute approximate surface area is 127 Å². The number of halogens is 1. The molecule has 0 atom stereocenters. The highest BCUT2D eigenvalue weighted by Crippen LogP contribution is 2.22. The number of fused-ring (bicyclic) bond motifs is 1. The monoisotopic (exact) mass is 297 g/mol. The normalized spacial score (nSPS) is 13.6. The lowest BCUT2D eigenvalue weighted by molar-refractivity contribution is -0.143. The molecule has 1 aliphatic rings. The number of aryl methyl sites for hydroxylation is 2. The highest BCUT2D eigenvalue weighted by molar-refractivity contribution is 5.85. The van der Waals surface area contributed by atoms with E-state index in [4.69, 9.17) is 4.74 Å². The van der Waals surface area contributed by atoms with Crippen molar-refractivity contribution in [2.75, 3.05) is 27.2 Å². The van der Waals surface area contributed by atoms with Crippen LogP contribution in [0.15, 0.2) is 18.2 Å². The summed E-state index contributed by atoms with van der Waals surface area (Å²) >= 11 is 0. The van der Waals surface area contributed by atoms with Crippen molar-refractivity contribution in [2.45, 2.75) is 32.1 Å². The molecule has 0 aliphatic heterocycles. The molecule has 20 heavy (non-hydrogen) atoms. The fraction of sp³-hybridized carbons (Fsp3) is 0.562. The van der Waals surface area contributed by atoms with Gasteiger partial charge in [0, 0.05) is 6.54 Å². The van der Waals surface area contributed by atoms with E-state index in [0.717, 1.165) is 18.5 Å². The van der Waals surface area contributed by atoms with E-state index in [-0.39, 0.29) is 18.4 Å². The third-order valence-electron chi connectivity index (χ3n) is 3.56. The largest absolute Gasteiger partial charge is 0.464 e. The Morgan fingerprint density at radius 2 is 1.90 bits per heavy atom. The zero-order valence-electron chi connectivity index (χ0n) is 12.4. The van der Waals surface area contributed by atoms with Crippen LogP contribution in [-0.2, 0) is 28.8 Å². The molecule has 0 bridgehead atoms. The van der Waals surface area contributed by atoms with Gasteiger partial charge in [-0.1, -0.05) is 18.2 Å². The highest BCUT2D eigenvalue weighted by atomic mass is 35.5. The second kappa shape index (κ2) is 8.28. The molecule has 4 heteroatoms. The molecule has 0 saturated heterocycles. The Bertz CT molecular complexity index is 446. The number of ether oxygens (including phenoxy) is 1. The summed E-state index contributed by atoms with van der Waals surface area (Å²) in [7, 11) is 3.94. The molecule has 0 heterocycles. The van der Waals surface area contributed by atoms with E-state index in [0.29, 0.717) is 13.0 Å². The molecule has 0 N–H and O–H groups in total. The van der Waals surface area contributed by atoms with Gasteiger partial charge in [-0.05, 0) is 56.5 Å². The fourth-order valence-electron chi connectivity index (χ4n) is 2.46. The number of esters is 1. The van der Waals surface area contributed by atoms with Crippen LogP contribution in [0.25, 0.3) is 0 Å². The minimum absolute atomic E-state index is 0. The number of rotatable bonds is 5. The van der Waals surface area contributed by atoms with Gasteiger partial charge in [-0.2, -0.15) is 0 Å². The molecular formula is C16H24ClNO2. The first-order valence-electron chi connectivity index (χ1n) is 7.06. The summed E-state index contributed by atoms with van der Waals surface area (Å²) in [6.07, 6.45) is 5.28. The van der Waals surface area contributed by atoms with Gasteiger partial charge in [0.25, 0.3) is 0 Å². The third kappa shape index (κ3) is 5.14. The molecule has 0 spiro atoms. The van der Waals surface area contributed by atoms with Crippen LogP contribution in [0.5, 0.6) is 0 Å². The molecule has 0 amide bonds. The van der Waals surface area contributed by atoms with Crippen LogP contribution in [0, 0.1) is 0 Å². The lowest BCUT2D eigenvalue weighted by atomic mass is 9.90. The molecule has 2 rings (SSSR count). The first-order valence-corrected chi connectivity index (χ1v) is 7.06. The van der Waals surface area contributed by atoms with Crippen LogP contribution >= 0.6 is 12.4 Å². The van der Waals surface area contributed by atoms with Gasteiger partial charge in [0.1, 0.15) is 6.61 Å². The van der Waals surface area contributed by atoms with Crippen molar-refractivity contribution in [2.24, 2.45) is 0 Å². The maximum absolute atomic E-state index is 11.7. The number of hydrogen-bond donors (Lipinski definition) is 0.